The van der Waals surface area contributed by atoms with E-state index in [1.54, 1.807) is 11.8 Å². The van der Waals surface area contributed by atoms with Crippen LogP contribution in [-0.4, -0.2) is 29.4 Å². The maximum absolute atomic E-state index is 11.9. The smallest absolute Gasteiger partial charge is 0.246 e. The molecule has 0 bridgehead atoms. The van der Waals surface area contributed by atoms with Gasteiger partial charge in [0, 0.05) is 28.0 Å². The van der Waals surface area contributed by atoms with Crippen molar-refractivity contribution >= 4 is 35.0 Å². The molecule has 0 fully saturated rings. The van der Waals surface area contributed by atoms with Crippen LogP contribution in [0.1, 0.15) is 31.9 Å². The fraction of sp³-hybridized carbons (Fsp3) is 0.500. The van der Waals surface area contributed by atoms with Gasteiger partial charge in [0.2, 0.25) is 5.91 Å². The largest absolute Gasteiger partial charge is 0.396 e. The third-order valence-electron chi connectivity index (χ3n) is 3.21. The molecule has 6 heteroatoms. The number of hydrogen-bond donors (Lipinski definition) is 3. The average molecular weight is 315 g/mol. The predicted molar refractivity (Wildman–Crippen MR) is 83.5 cm³/mol. The van der Waals surface area contributed by atoms with Gasteiger partial charge in [-0.15, -0.1) is 11.8 Å². The van der Waals surface area contributed by atoms with Gasteiger partial charge in [0.1, 0.15) is 6.04 Å². The van der Waals surface area contributed by atoms with Gasteiger partial charge < -0.3 is 15.7 Å². The number of thioether (sulfide) groups is 1. The molecular formula is C14H19ClN2O2S. The average Bonchev–Trinajstić information content (AvgIpc) is 2.67. The molecule has 110 valence electrons. The zero-order valence-corrected chi connectivity index (χ0v) is 13.1. The summed E-state index contributed by atoms with van der Waals surface area (Å²) in [6, 6.07) is 3.46. The van der Waals surface area contributed by atoms with Crippen LogP contribution in [0.2, 0.25) is 5.02 Å². The van der Waals surface area contributed by atoms with Crippen LogP contribution in [0, 0.1) is 0 Å². The lowest BCUT2D eigenvalue weighted by molar-refractivity contribution is -0.117. The number of likely N-dealkylation sites (N-methyl/N-ethyl adjacent to an activating group) is 1. The number of rotatable bonds is 6. The van der Waals surface area contributed by atoms with E-state index in [1.165, 1.54) is 0 Å². The molecule has 0 aliphatic carbocycles. The summed E-state index contributed by atoms with van der Waals surface area (Å²) in [4.78, 5) is 12.8. The van der Waals surface area contributed by atoms with Crippen molar-refractivity contribution in [3.8, 4) is 0 Å². The van der Waals surface area contributed by atoms with E-state index in [9.17, 15) is 4.79 Å². The summed E-state index contributed by atoms with van der Waals surface area (Å²) < 4.78 is 0. The molecule has 1 heterocycles. The zero-order valence-electron chi connectivity index (χ0n) is 11.6. The van der Waals surface area contributed by atoms with Crippen LogP contribution in [0.25, 0.3) is 0 Å². The van der Waals surface area contributed by atoms with E-state index in [1.807, 2.05) is 26.0 Å². The summed E-state index contributed by atoms with van der Waals surface area (Å²) >= 11 is 7.93. The zero-order chi connectivity index (χ0) is 14.7. The van der Waals surface area contributed by atoms with Gasteiger partial charge in [0.05, 0.1) is 5.02 Å². The first-order valence-corrected chi connectivity index (χ1v) is 7.97. The molecule has 1 amide bonds. The highest BCUT2D eigenvalue weighted by Crippen LogP contribution is 2.40. The molecular weight excluding hydrogens is 296 g/mol. The third kappa shape index (κ3) is 3.28. The van der Waals surface area contributed by atoms with Gasteiger partial charge >= 0.3 is 0 Å². The summed E-state index contributed by atoms with van der Waals surface area (Å²) in [6.45, 7) is 4.90. The van der Waals surface area contributed by atoms with Crippen LogP contribution in [0.4, 0.5) is 5.69 Å². The molecule has 1 aliphatic heterocycles. The molecule has 1 aromatic rings. The maximum atomic E-state index is 11.9. The van der Waals surface area contributed by atoms with Crippen molar-refractivity contribution < 1.29 is 9.90 Å². The van der Waals surface area contributed by atoms with Crippen LogP contribution < -0.4 is 10.6 Å². The Morgan fingerprint density at radius 3 is 2.95 bits per heavy atom. The number of nitrogens with one attached hydrogen (secondary N) is 2. The number of amides is 1. The quantitative estimate of drug-likeness (QED) is 0.707. The van der Waals surface area contributed by atoms with Crippen LogP contribution in [0.5, 0.6) is 0 Å². The molecule has 0 saturated carbocycles. The summed E-state index contributed by atoms with van der Waals surface area (Å²) in [7, 11) is 0. The Balaban J connectivity index is 2.24. The monoisotopic (exact) mass is 314 g/mol. The number of carbonyl (C=O) groups is 1. The number of fused-ring (bicyclic) bond motifs is 1. The van der Waals surface area contributed by atoms with E-state index in [4.69, 9.17) is 16.7 Å². The lowest BCUT2D eigenvalue weighted by atomic mass is 10.1. The van der Waals surface area contributed by atoms with Crippen molar-refractivity contribution in [3.63, 3.8) is 0 Å². The van der Waals surface area contributed by atoms with Gasteiger partial charge in [0.25, 0.3) is 0 Å². The number of halogens is 1. The fourth-order valence-electron chi connectivity index (χ4n) is 2.22. The number of anilines is 1. The minimum absolute atomic E-state index is 0.0385. The molecule has 0 radical (unpaired) electrons. The van der Waals surface area contributed by atoms with Crippen molar-refractivity contribution in [1.29, 1.82) is 0 Å². The second-order valence-electron chi connectivity index (χ2n) is 4.79. The summed E-state index contributed by atoms with van der Waals surface area (Å²) in [5, 5.41) is 15.9. The number of aliphatic hydroxyl groups excluding tert-OH is 1. The molecule has 4 nitrogen and oxygen atoms in total. The normalized spacial score (nSPS) is 18.8. The number of benzene rings is 1. The fourth-order valence-corrected chi connectivity index (χ4v) is 3.54. The van der Waals surface area contributed by atoms with Gasteiger partial charge in [-0.2, -0.15) is 0 Å². The lowest BCUT2D eigenvalue weighted by Gasteiger charge is -2.13. The first-order valence-electron chi connectivity index (χ1n) is 6.72. The van der Waals surface area contributed by atoms with Gasteiger partial charge in [-0.1, -0.05) is 25.4 Å². The number of carbonyl (C=O) groups excluding carboxylic acids is 1. The Morgan fingerprint density at radius 1 is 1.55 bits per heavy atom. The highest BCUT2D eigenvalue weighted by molar-refractivity contribution is 8.00. The van der Waals surface area contributed by atoms with Crippen LogP contribution in [0.15, 0.2) is 17.0 Å². The molecule has 1 aromatic carbocycles. The van der Waals surface area contributed by atoms with Gasteiger partial charge in [-0.25, -0.2) is 0 Å². The van der Waals surface area contributed by atoms with E-state index in [-0.39, 0.29) is 23.8 Å². The minimum atomic E-state index is -0.318. The molecule has 2 rings (SSSR count). The number of aliphatic hydroxyl groups is 1. The van der Waals surface area contributed by atoms with E-state index >= 15 is 0 Å². The Bertz CT molecular complexity index is 510. The van der Waals surface area contributed by atoms with Crippen LogP contribution in [-0.2, 0) is 4.79 Å². The maximum Gasteiger partial charge on any atom is 0.246 e. The van der Waals surface area contributed by atoms with Gasteiger partial charge in [-0.3, -0.25) is 4.79 Å². The van der Waals surface area contributed by atoms with E-state index in [0.29, 0.717) is 11.4 Å². The topological polar surface area (TPSA) is 61.4 Å². The number of hydrogen-bond acceptors (Lipinski definition) is 4. The Kier molecular flexibility index (Phi) is 5.32. The predicted octanol–water partition coefficient (Wildman–Crippen LogP) is 2.81. The van der Waals surface area contributed by atoms with E-state index < -0.39 is 0 Å². The van der Waals surface area contributed by atoms with Crippen molar-refractivity contribution in [1.82, 2.24) is 5.32 Å². The Morgan fingerprint density at radius 2 is 2.30 bits per heavy atom. The second kappa shape index (κ2) is 6.80. The van der Waals surface area contributed by atoms with E-state index in [0.717, 1.165) is 22.7 Å². The molecule has 0 aromatic heterocycles. The molecule has 3 N–H and O–H groups in total. The van der Waals surface area contributed by atoms with Crippen LogP contribution in [0.3, 0.4) is 0 Å². The minimum Gasteiger partial charge on any atom is -0.396 e. The van der Waals surface area contributed by atoms with Crippen molar-refractivity contribution in [2.75, 3.05) is 18.5 Å². The molecule has 0 saturated heterocycles. The van der Waals surface area contributed by atoms with Crippen LogP contribution >= 0.6 is 23.4 Å². The highest BCUT2D eigenvalue weighted by atomic mass is 35.5. The lowest BCUT2D eigenvalue weighted by Crippen LogP contribution is -2.27. The molecule has 0 spiro atoms. The molecule has 20 heavy (non-hydrogen) atoms. The standard InChI is InChI=1S/C14H19ClN2O2S/c1-3-16-13-9-6-10(15)12(20-8(2)4-5-18)7-11(9)17-14(13)19/h6-8,13,16,18H,3-5H2,1-2H3,(H,17,19). The second-order valence-corrected chi connectivity index (χ2v) is 6.68. The van der Waals surface area contributed by atoms with E-state index in [2.05, 4.69) is 10.6 Å². The first-order chi connectivity index (χ1) is 9.56. The van der Waals surface area contributed by atoms with Gasteiger partial charge in [0.15, 0.2) is 0 Å². The molecule has 2 unspecified atom stereocenters. The van der Waals surface area contributed by atoms with Crippen molar-refractivity contribution in [3.05, 3.63) is 22.7 Å². The molecule has 1 aliphatic rings. The molecule has 2 atom stereocenters. The van der Waals surface area contributed by atoms with Gasteiger partial charge in [-0.05, 0) is 25.1 Å². The highest BCUT2D eigenvalue weighted by Gasteiger charge is 2.30. The Hall–Kier alpha value is -0.750. The summed E-state index contributed by atoms with van der Waals surface area (Å²) in [6.07, 6.45) is 0.713. The van der Waals surface area contributed by atoms with Crippen molar-refractivity contribution in [2.45, 2.75) is 36.5 Å². The first kappa shape index (κ1) is 15.6. The SMILES string of the molecule is CCNC1C(=O)Nc2cc(SC(C)CCO)c(Cl)cc21. The summed E-state index contributed by atoms with van der Waals surface area (Å²) in [5.41, 5.74) is 1.73. The summed E-state index contributed by atoms with van der Waals surface area (Å²) in [5.74, 6) is -0.0385. The third-order valence-corrected chi connectivity index (χ3v) is 4.86. The Labute approximate surface area is 128 Å². The van der Waals surface area contributed by atoms with Crippen molar-refractivity contribution in [2.24, 2.45) is 0 Å².